The number of thioether (sulfide) groups is 1. The molecule has 7 heteroatoms. The van der Waals surface area contributed by atoms with Crippen LogP contribution in [0.5, 0.6) is 0 Å². The third-order valence-electron chi connectivity index (χ3n) is 1.40. The molecule has 0 aromatic rings. The predicted molar refractivity (Wildman–Crippen MR) is 57.2 cm³/mol. The molecule has 1 unspecified atom stereocenters. The fourth-order valence-electron chi connectivity index (χ4n) is 0.836. The number of esters is 1. The van der Waals surface area contributed by atoms with E-state index in [4.69, 9.17) is 10.5 Å². The fraction of sp³-hybridized carbons (Fsp3) is 0.889. The average Bonchev–Trinajstić information content (AvgIpc) is 1.98. The zero-order valence-corrected chi connectivity index (χ0v) is 10.2. The summed E-state index contributed by atoms with van der Waals surface area (Å²) in [5.41, 5.74) is 4.29. The van der Waals surface area contributed by atoms with Gasteiger partial charge in [0, 0.05) is 6.54 Å². The Balaban J connectivity index is 4.09. The van der Waals surface area contributed by atoms with Gasteiger partial charge in [-0.3, -0.25) is 4.79 Å². The van der Waals surface area contributed by atoms with Crippen molar-refractivity contribution in [2.45, 2.75) is 37.8 Å². The molecule has 0 spiro atoms. The maximum absolute atomic E-state index is 12.3. The van der Waals surface area contributed by atoms with Gasteiger partial charge in [-0.15, -0.1) is 11.8 Å². The summed E-state index contributed by atoms with van der Waals surface area (Å²) >= 11 is 0.453. The Morgan fingerprint density at radius 3 is 2.19 bits per heavy atom. The van der Waals surface area contributed by atoms with E-state index in [1.54, 1.807) is 20.8 Å². The van der Waals surface area contributed by atoms with Crippen molar-refractivity contribution in [2.75, 3.05) is 12.3 Å². The monoisotopic (exact) mass is 259 g/mol. The molecule has 0 aliphatic carbocycles. The number of carbonyl (C=O) groups excluding carboxylic acids is 1. The summed E-state index contributed by atoms with van der Waals surface area (Å²) in [7, 11) is 0. The molecule has 0 aromatic heterocycles. The molecule has 0 aliphatic rings. The lowest BCUT2D eigenvalue weighted by atomic mass is 10.2. The van der Waals surface area contributed by atoms with Crippen molar-refractivity contribution in [2.24, 2.45) is 5.73 Å². The number of alkyl halides is 3. The van der Waals surface area contributed by atoms with Crippen LogP contribution in [0, 0.1) is 0 Å². The number of halogens is 3. The normalized spacial score (nSPS) is 14.7. The first-order chi connectivity index (χ1) is 7.06. The molecule has 0 aliphatic heterocycles. The van der Waals surface area contributed by atoms with E-state index in [0.29, 0.717) is 11.8 Å². The summed E-state index contributed by atoms with van der Waals surface area (Å²) in [5, 5.41) is -1.72. The van der Waals surface area contributed by atoms with Crippen LogP contribution in [-0.2, 0) is 9.53 Å². The minimum atomic E-state index is -4.39. The first-order valence-electron chi connectivity index (χ1n) is 4.66. The van der Waals surface area contributed by atoms with Crippen LogP contribution in [0.1, 0.15) is 20.8 Å². The van der Waals surface area contributed by atoms with Crippen molar-refractivity contribution in [3.63, 3.8) is 0 Å². The van der Waals surface area contributed by atoms with Crippen LogP contribution < -0.4 is 5.73 Å². The number of carbonyl (C=O) groups is 1. The molecule has 1 atom stereocenters. The van der Waals surface area contributed by atoms with Crippen LogP contribution in [0.15, 0.2) is 0 Å². The van der Waals surface area contributed by atoms with E-state index in [1.165, 1.54) is 0 Å². The summed E-state index contributed by atoms with van der Waals surface area (Å²) in [6.45, 7) is 4.41. The van der Waals surface area contributed by atoms with Gasteiger partial charge in [0.1, 0.15) is 10.9 Å². The van der Waals surface area contributed by atoms with Gasteiger partial charge >= 0.3 is 12.1 Å². The highest BCUT2D eigenvalue weighted by atomic mass is 32.2. The van der Waals surface area contributed by atoms with E-state index >= 15 is 0 Å². The van der Waals surface area contributed by atoms with Crippen molar-refractivity contribution in [3.8, 4) is 0 Å². The van der Waals surface area contributed by atoms with Crippen LogP contribution in [-0.4, -0.2) is 35.3 Å². The molecular weight excluding hydrogens is 243 g/mol. The molecule has 0 saturated carbocycles. The molecule has 3 nitrogen and oxygen atoms in total. The van der Waals surface area contributed by atoms with Gasteiger partial charge in [-0.1, -0.05) is 0 Å². The molecule has 0 radical (unpaired) electrons. The van der Waals surface area contributed by atoms with Crippen LogP contribution in [0.4, 0.5) is 13.2 Å². The second-order valence-electron chi connectivity index (χ2n) is 4.16. The maximum atomic E-state index is 12.3. The Morgan fingerprint density at radius 2 is 1.88 bits per heavy atom. The summed E-state index contributed by atoms with van der Waals surface area (Å²) in [6.07, 6.45) is -4.39. The van der Waals surface area contributed by atoms with E-state index in [-0.39, 0.29) is 5.75 Å². The number of hydrogen-bond acceptors (Lipinski definition) is 4. The van der Waals surface area contributed by atoms with Crippen molar-refractivity contribution in [1.82, 2.24) is 0 Å². The van der Waals surface area contributed by atoms with Gasteiger partial charge in [-0.25, -0.2) is 0 Å². The SMILES string of the molecule is CC(C)(C)OC(=O)CSC(CN)C(F)(F)F. The molecule has 0 heterocycles. The Hall–Kier alpha value is -0.430. The standard InChI is InChI=1S/C9H16F3NO2S/c1-8(2,3)15-7(14)5-16-6(4-13)9(10,11)12/h6H,4-5,13H2,1-3H3. The Morgan fingerprint density at radius 1 is 1.38 bits per heavy atom. The van der Waals surface area contributed by atoms with Gasteiger partial charge in [-0.05, 0) is 20.8 Å². The van der Waals surface area contributed by atoms with Crippen LogP contribution in [0.2, 0.25) is 0 Å². The van der Waals surface area contributed by atoms with Gasteiger partial charge in [0.15, 0.2) is 0 Å². The summed E-state index contributed by atoms with van der Waals surface area (Å²) < 4.78 is 41.6. The topological polar surface area (TPSA) is 52.3 Å². The molecule has 0 saturated heterocycles. The van der Waals surface area contributed by atoms with E-state index in [2.05, 4.69) is 0 Å². The van der Waals surface area contributed by atoms with E-state index in [9.17, 15) is 18.0 Å². The largest absolute Gasteiger partial charge is 0.459 e. The molecule has 0 rings (SSSR count). The third-order valence-corrected chi connectivity index (χ3v) is 2.67. The molecule has 0 fully saturated rings. The Kier molecular flexibility index (Phi) is 5.61. The van der Waals surface area contributed by atoms with Gasteiger partial charge in [-0.2, -0.15) is 13.2 Å². The van der Waals surface area contributed by atoms with E-state index in [0.717, 1.165) is 0 Å². The molecular formula is C9H16F3NO2S. The van der Waals surface area contributed by atoms with E-state index in [1.807, 2.05) is 0 Å². The van der Waals surface area contributed by atoms with Gasteiger partial charge in [0.2, 0.25) is 0 Å². The van der Waals surface area contributed by atoms with Crippen LogP contribution in [0.25, 0.3) is 0 Å². The van der Waals surface area contributed by atoms with E-state index < -0.39 is 29.5 Å². The van der Waals surface area contributed by atoms with Crippen LogP contribution in [0.3, 0.4) is 0 Å². The Labute approximate surface area is 96.9 Å². The number of rotatable bonds is 4. The minimum absolute atomic E-state index is 0.349. The lowest BCUT2D eigenvalue weighted by Crippen LogP contribution is -2.34. The summed E-state index contributed by atoms with van der Waals surface area (Å²) in [6, 6.07) is 0. The smallest absolute Gasteiger partial charge is 0.401 e. The van der Waals surface area contributed by atoms with Gasteiger partial charge in [0.05, 0.1) is 5.75 Å². The summed E-state index contributed by atoms with van der Waals surface area (Å²) in [5.74, 6) is -1.02. The maximum Gasteiger partial charge on any atom is 0.401 e. The zero-order valence-electron chi connectivity index (χ0n) is 9.43. The Bertz CT molecular complexity index is 238. The minimum Gasteiger partial charge on any atom is -0.459 e. The number of ether oxygens (including phenoxy) is 1. The summed E-state index contributed by atoms with van der Waals surface area (Å²) in [4.78, 5) is 11.2. The molecule has 0 amide bonds. The number of hydrogen-bond donors (Lipinski definition) is 1. The molecule has 16 heavy (non-hydrogen) atoms. The average molecular weight is 259 g/mol. The quantitative estimate of drug-likeness (QED) is 0.784. The first-order valence-corrected chi connectivity index (χ1v) is 5.71. The first kappa shape index (κ1) is 15.6. The highest BCUT2D eigenvalue weighted by Crippen LogP contribution is 2.29. The van der Waals surface area contributed by atoms with Crippen LogP contribution >= 0.6 is 11.8 Å². The second kappa shape index (κ2) is 5.77. The van der Waals surface area contributed by atoms with Crippen molar-refractivity contribution >= 4 is 17.7 Å². The van der Waals surface area contributed by atoms with Crippen molar-refractivity contribution in [3.05, 3.63) is 0 Å². The fourth-order valence-corrected chi connectivity index (χ4v) is 1.56. The highest BCUT2D eigenvalue weighted by Gasteiger charge is 2.39. The lowest BCUT2D eigenvalue weighted by molar-refractivity contribution is -0.151. The molecule has 96 valence electrons. The number of nitrogens with two attached hydrogens (primary N) is 1. The van der Waals surface area contributed by atoms with Gasteiger partial charge < -0.3 is 10.5 Å². The predicted octanol–water partition coefficient (Wildman–Crippen LogP) is 1.95. The lowest BCUT2D eigenvalue weighted by Gasteiger charge is -2.21. The highest BCUT2D eigenvalue weighted by molar-refractivity contribution is 8.00. The van der Waals surface area contributed by atoms with Gasteiger partial charge in [0.25, 0.3) is 0 Å². The molecule has 0 aromatic carbocycles. The third kappa shape index (κ3) is 6.95. The molecule has 0 bridgehead atoms. The zero-order chi connectivity index (χ0) is 13.0. The van der Waals surface area contributed by atoms with Crippen molar-refractivity contribution in [1.29, 1.82) is 0 Å². The van der Waals surface area contributed by atoms with Crippen molar-refractivity contribution < 1.29 is 22.7 Å². The second-order valence-corrected chi connectivity index (χ2v) is 5.35. The molecule has 2 N–H and O–H groups in total.